The fraction of sp³-hybridized carbons (Fsp3) is 0.263. The minimum atomic E-state index is -0.260. The van der Waals surface area contributed by atoms with Crippen LogP contribution in [0.4, 0.5) is 11.4 Å². The summed E-state index contributed by atoms with van der Waals surface area (Å²) in [4.78, 5) is 17.2. The molecule has 2 aromatic carbocycles. The van der Waals surface area contributed by atoms with E-state index in [0.717, 1.165) is 16.5 Å². The SMILES string of the molecule is COc1ccc(CN=C2NC(C)C(C(=O)Nc3ccccc3N)S2)cc1. The van der Waals surface area contributed by atoms with Gasteiger partial charge in [0.1, 0.15) is 11.0 Å². The summed E-state index contributed by atoms with van der Waals surface area (Å²) in [5.41, 5.74) is 8.16. The summed E-state index contributed by atoms with van der Waals surface area (Å²) in [6.45, 7) is 2.52. The highest BCUT2D eigenvalue weighted by atomic mass is 32.2. The fourth-order valence-corrected chi connectivity index (χ4v) is 3.67. The van der Waals surface area contributed by atoms with Crippen molar-refractivity contribution in [2.45, 2.75) is 24.8 Å². The van der Waals surface area contributed by atoms with E-state index in [1.54, 1.807) is 19.2 Å². The second-order valence-electron chi connectivity index (χ2n) is 6.02. The van der Waals surface area contributed by atoms with Crippen LogP contribution in [0.3, 0.4) is 0 Å². The lowest BCUT2D eigenvalue weighted by Gasteiger charge is -2.14. The Hall–Kier alpha value is -2.67. The second-order valence-corrected chi connectivity index (χ2v) is 7.15. The van der Waals surface area contributed by atoms with Crippen molar-refractivity contribution >= 4 is 34.2 Å². The van der Waals surface area contributed by atoms with Crippen molar-refractivity contribution in [1.82, 2.24) is 5.32 Å². The van der Waals surface area contributed by atoms with Crippen LogP contribution < -0.4 is 21.1 Å². The normalized spacial score (nSPS) is 20.6. The number of hydrogen-bond donors (Lipinski definition) is 3. The van der Waals surface area contributed by atoms with Crippen molar-refractivity contribution in [3.8, 4) is 5.75 Å². The molecule has 0 radical (unpaired) electrons. The average Bonchev–Trinajstić information content (AvgIpc) is 3.03. The predicted octanol–water partition coefficient (Wildman–Crippen LogP) is 2.87. The van der Waals surface area contributed by atoms with Crippen molar-refractivity contribution in [2.75, 3.05) is 18.2 Å². The molecule has 6 nitrogen and oxygen atoms in total. The lowest BCUT2D eigenvalue weighted by molar-refractivity contribution is -0.115. The van der Waals surface area contributed by atoms with E-state index < -0.39 is 0 Å². The fourth-order valence-electron chi connectivity index (χ4n) is 2.60. The number of aliphatic imine (C=N–C) groups is 1. The van der Waals surface area contributed by atoms with Gasteiger partial charge in [0.05, 0.1) is 25.0 Å². The Balaban J connectivity index is 1.61. The molecule has 136 valence electrons. The molecule has 1 heterocycles. The Morgan fingerprint density at radius 3 is 2.69 bits per heavy atom. The molecule has 0 saturated carbocycles. The molecule has 3 rings (SSSR count). The van der Waals surface area contributed by atoms with E-state index in [2.05, 4.69) is 15.6 Å². The number of carbonyl (C=O) groups is 1. The highest BCUT2D eigenvalue weighted by Gasteiger charge is 2.34. The number of nitrogens with zero attached hydrogens (tertiary/aromatic N) is 1. The molecule has 1 fully saturated rings. The van der Waals surface area contributed by atoms with Gasteiger partial charge >= 0.3 is 0 Å². The summed E-state index contributed by atoms with van der Waals surface area (Å²) in [5, 5.41) is 6.68. The van der Waals surface area contributed by atoms with Crippen molar-refractivity contribution < 1.29 is 9.53 Å². The van der Waals surface area contributed by atoms with E-state index in [9.17, 15) is 4.79 Å². The zero-order valence-electron chi connectivity index (χ0n) is 14.7. The maximum atomic E-state index is 12.6. The third kappa shape index (κ3) is 4.29. The number of nitrogens with two attached hydrogens (primary N) is 1. The topological polar surface area (TPSA) is 88.7 Å². The zero-order valence-corrected chi connectivity index (χ0v) is 15.5. The van der Waals surface area contributed by atoms with Crippen LogP contribution in [0.1, 0.15) is 12.5 Å². The highest BCUT2D eigenvalue weighted by molar-refractivity contribution is 8.15. The molecule has 1 aliphatic rings. The molecule has 4 N–H and O–H groups in total. The zero-order chi connectivity index (χ0) is 18.5. The lowest BCUT2D eigenvalue weighted by Crippen LogP contribution is -2.36. The second kappa shape index (κ2) is 8.14. The molecule has 7 heteroatoms. The molecule has 0 aromatic heterocycles. The molecule has 2 aromatic rings. The number of carbonyl (C=O) groups excluding carboxylic acids is 1. The van der Waals surface area contributed by atoms with Crippen LogP contribution in [-0.2, 0) is 11.3 Å². The van der Waals surface area contributed by atoms with Crippen LogP contribution in [0.5, 0.6) is 5.75 Å². The number of hydrogen-bond acceptors (Lipinski definition) is 5. The summed E-state index contributed by atoms with van der Waals surface area (Å²) >= 11 is 1.44. The van der Waals surface area contributed by atoms with Crippen molar-refractivity contribution in [3.05, 3.63) is 54.1 Å². The molecule has 2 unspecified atom stereocenters. The minimum absolute atomic E-state index is 0.0143. The summed E-state index contributed by atoms with van der Waals surface area (Å²) < 4.78 is 5.15. The first-order valence-corrected chi connectivity index (χ1v) is 9.20. The number of amidine groups is 1. The Morgan fingerprint density at radius 2 is 2.00 bits per heavy atom. The Kier molecular flexibility index (Phi) is 5.68. The molecule has 0 spiro atoms. The number of thioether (sulfide) groups is 1. The maximum absolute atomic E-state index is 12.6. The molecular weight excluding hydrogens is 348 g/mol. The largest absolute Gasteiger partial charge is 0.497 e. The molecular formula is C19H22N4O2S. The number of ether oxygens (including phenoxy) is 1. The maximum Gasteiger partial charge on any atom is 0.240 e. The first kappa shape index (κ1) is 18.1. The Labute approximate surface area is 157 Å². The third-order valence-corrected chi connectivity index (χ3v) is 5.43. The first-order valence-electron chi connectivity index (χ1n) is 8.33. The van der Waals surface area contributed by atoms with E-state index in [1.165, 1.54) is 11.8 Å². The van der Waals surface area contributed by atoms with Crippen molar-refractivity contribution in [3.63, 3.8) is 0 Å². The van der Waals surface area contributed by atoms with Crippen LogP contribution in [0.2, 0.25) is 0 Å². The highest BCUT2D eigenvalue weighted by Crippen LogP contribution is 2.26. The standard InChI is InChI=1S/C19H22N4O2S/c1-12-17(18(24)23-16-6-4-3-5-15(16)20)26-19(22-12)21-11-13-7-9-14(25-2)10-8-13/h3-10,12,17H,11,20H2,1-2H3,(H,21,22)(H,23,24). The molecule has 1 aliphatic heterocycles. The first-order chi connectivity index (χ1) is 12.6. The number of nitrogens with one attached hydrogen (secondary N) is 2. The van der Waals surface area contributed by atoms with E-state index in [4.69, 9.17) is 10.5 Å². The number of rotatable bonds is 5. The molecule has 0 bridgehead atoms. The Morgan fingerprint density at radius 1 is 1.27 bits per heavy atom. The molecule has 2 atom stereocenters. The van der Waals surface area contributed by atoms with Crippen LogP contribution in [-0.4, -0.2) is 29.5 Å². The van der Waals surface area contributed by atoms with Crippen LogP contribution in [0.15, 0.2) is 53.5 Å². The quantitative estimate of drug-likeness (QED) is 0.704. The monoisotopic (exact) mass is 370 g/mol. The van der Waals surface area contributed by atoms with Gasteiger partial charge in [0.2, 0.25) is 5.91 Å². The number of anilines is 2. The number of amides is 1. The molecule has 0 aliphatic carbocycles. The van der Waals surface area contributed by atoms with Gasteiger partial charge in [-0.2, -0.15) is 0 Å². The smallest absolute Gasteiger partial charge is 0.240 e. The number of methoxy groups -OCH3 is 1. The van der Waals surface area contributed by atoms with E-state index in [-0.39, 0.29) is 17.2 Å². The molecule has 1 saturated heterocycles. The predicted molar refractivity (Wildman–Crippen MR) is 108 cm³/mol. The van der Waals surface area contributed by atoms with E-state index in [0.29, 0.717) is 17.9 Å². The van der Waals surface area contributed by atoms with Crippen LogP contribution >= 0.6 is 11.8 Å². The van der Waals surface area contributed by atoms with Crippen molar-refractivity contribution in [2.24, 2.45) is 4.99 Å². The van der Waals surface area contributed by atoms with Gasteiger partial charge in [-0.25, -0.2) is 0 Å². The molecule has 1 amide bonds. The number of para-hydroxylation sites is 2. The average molecular weight is 370 g/mol. The molecule has 26 heavy (non-hydrogen) atoms. The van der Waals surface area contributed by atoms with E-state index >= 15 is 0 Å². The number of benzene rings is 2. The lowest BCUT2D eigenvalue weighted by atomic mass is 10.2. The minimum Gasteiger partial charge on any atom is -0.497 e. The van der Waals surface area contributed by atoms with E-state index in [1.807, 2.05) is 43.3 Å². The van der Waals surface area contributed by atoms with Gasteiger partial charge in [0, 0.05) is 6.04 Å². The van der Waals surface area contributed by atoms with Crippen LogP contribution in [0.25, 0.3) is 0 Å². The van der Waals surface area contributed by atoms with Gasteiger partial charge in [0.15, 0.2) is 5.17 Å². The summed E-state index contributed by atoms with van der Waals surface area (Å²) in [7, 11) is 1.64. The van der Waals surface area contributed by atoms with Gasteiger partial charge in [-0.3, -0.25) is 9.79 Å². The number of nitrogen functional groups attached to an aromatic ring is 1. The van der Waals surface area contributed by atoms with Gasteiger partial charge in [-0.15, -0.1) is 0 Å². The van der Waals surface area contributed by atoms with Gasteiger partial charge in [-0.05, 0) is 36.8 Å². The Bertz CT molecular complexity index is 807. The summed E-state index contributed by atoms with van der Waals surface area (Å²) in [5.74, 6) is 0.739. The van der Waals surface area contributed by atoms with Gasteiger partial charge < -0.3 is 21.1 Å². The summed E-state index contributed by atoms with van der Waals surface area (Å²) in [6.07, 6.45) is 0. The van der Waals surface area contributed by atoms with Crippen LogP contribution in [0, 0.1) is 0 Å². The van der Waals surface area contributed by atoms with Gasteiger partial charge in [0.25, 0.3) is 0 Å². The van der Waals surface area contributed by atoms with Gasteiger partial charge in [-0.1, -0.05) is 36.0 Å². The summed E-state index contributed by atoms with van der Waals surface area (Å²) in [6, 6.07) is 15.0. The third-order valence-electron chi connectivity index (χ3n) is 4.09. The van der Waals surface area contributed by atoms with Crippen molar-refractivity contribution in [1.29, 1.82) is 0 Å².